The number of nitrogens with two attached hydrogens (primary N) is 1. The van der Waals surface area contributed by atoms with E-state index in [1.54, 1.807) is 0 Å². The van der Waals surface area contributed by atoms with Crippen molar-refractivity contribution in [3.63, 3.8) is 0 Å². The molecule has 0 spiro atoms. The largest absolute Gasteiger partial charge is 0.271 e. The Balaban J connectivity index is 2.80. The van der Waals surface area contributed by atoms with E-state index in [0.717, 1.165) is 0 Å². The van der Waals surface area contributed by atoms with Crippen molar-refractivity contribution in [2.45, 2.75) is 17.8 Å². The molecule has 3 heteroatoms. The summed E-state index contributed by atoms with van der Waals surface area (Å²) in [6.45, 7) is 2.07. The van der Waals surface area contributed by atoms with Gasteiger partial charge in [0.1, 0.15) is 0 Å². The molecule has 0 radical (unpaired) electrons. The number of benzene rings is 1. The second-order valence-electron chi connectivity index (χ2n) is 2.73. The van der Waals surface area contributed by atoms with Crippen LogP contribution >= 0.6 is 15.9 Å². The van der Waals surface area contributed by atoms with Gasteiger partial charge in [0.2, 0.25) is 0 Å². The molecule has 0 saturated heterocycles. The van der Waals surface area contributed by atoms with Crippen molar-refractivity contribution in [3.8, 4) is 0 Å². The van der Waals surface area contributed by atoms with Crippen molar-refractivity contribution in [2.75, 3.05) is 0 Å². The first-order chi connectivity index (χ1) is 5.75. The topological polar surface area (TPSA) is 38.0 Å². The standard InChI is InChI=1S/C9H13BrN2/c1-7(10)9(12-11)8-5-3-2-4-6-8/h2-7,9,12H,11H2,1H3/t7-,9+/m0/s1. The highest BCUT2D eigenvalue weighted by atomic mass is 79.9. The summed E-state index contributed by atoms with van der Waals surface area (Å²) in [4.78, 5) is 0.324. The van der Waals surface area contributed by atoms with E-state index in [9.17, 15) is 0 Å². The molecule has 1 aromatic rings. The fourth-order valence-corrected chi connectivity index (χ4v) is 1.61. The minimum atomic E-state index is 0.172. The monoisotopic (exact) mass is 228 g/mol. The average molecular weight is 229 g/mol. The summed E-state index contributed by atoms with van der Waals surface area (Å²) in [5.41, 5.74) is 3.97. The number of hydrogen-bond donors (Lipinski definition) is 2. The van der Waals surface area contributed by atoms with E-state index in [2.05, 4.69) is 40.4 Å². The third-order valence-electron chi connectivity index (χ3n) is 1.80. The van der Waals surface area contributed by atoms with Crippen LogP contribution in [-0.2, 0) is 0 Å². The van der Waals surface area contributed by atoms with E-state index in [-0.39, 0.29) is 6.04 Å². The molecule has 0 aliphatic heterocycles. The number of halogens is 1. The van der Waals surface area contributed by atoms with E-state index >= 15 is 0 Å². The van der Waals surface area contributed by atoms with Gasteiger partial charge in [-0.3, -0.25) is 11.3 Å². The van der Waals surface area contributed by atoms with Crippen LogP contribution in [0.1, 0.15) is 18.5 Å². The van der Waals surface area contributed by atoms with Crippen molar-refractivity contribution in [1.29, 1.82) is 0 Å². The zero-order chi connectivity index (χ0) is 8.97. The molecule has 0 bridgehead atoms. The minimum Gasteiger partial charge on any atom is -0.271 e. The third-order valence-corrected chi connectivity index (χ3v) is 2.33. The smallest absolute Gasteiger partial charge is 0.0582 e. The highest BCUT2D eigenvalue weighted by Gasteiger charge is 2.13. The lowest BCUT2D eigenvalue weighted by atomic mass is 10.1. The molecular weight excluding hydrogens is 216 g/mol. The average Bonchev–Trinajstić information content (AvgIpc) is 2.07. The van der Waals surface area contributed by atoms with Gasteiger partial charge in [0.15, 0.2) is 0 Å². The first kappa shape index (κ1) is 9.71. The fourth-order valence-electron chi connectivity index (χ4n) is 1.15. The number of rotatable bonds is 3. The van der Waals surface area contributed by atoms with Crippen molar-refractivity contribution in [2.24, 2.45) is 5.84 Å². The van der Waals surface area contributed by atoms with Gasteiger partial charge >= 0.3 is 0 Å². The summed E-state index contributed by atoms with van der Waals surface area (Å²) < 4.78 is 0. The number of nitrogens with one attached hydrogen (secondary N) is 1. The predicted octanol–water partition coefficient (Wildman–Crippen LogP) is 1.97. The van der Waals surface area contributed by atoms with Gasteiger partial charge < -0.3 is 0 Å². The maximum Gasteiger partial charge on any atom is 0.0582 e. The molecule has 0 heterocycles. The van der Waals surface area contributed by atoms with Gasteiger partial charge in [0, 0.05) is 4.83 Å². The summed E-state index contributed by atoms with van der Waals surface area (Å²) in [6, 6.07) is 10.3. The van der Waals surface area contributed by atoms with Crippen LogP contribution in [-0.4, -0.2) is 4.83 Å². The first-order valence-corrected chi connectivity index (χ1v) is 4.82. The van der Waals surface area contributed by atoms with E-state index in [4.69, 9.17) is 5.84 Å². The Morgan fingerprint density at radius 2 is 1.92 bits per heavy atom. The molecule has 12 heavy (non-hydrogen) atoms. The maximum absolute atomic E-state index is 5.43. The van der Waals surface area contributed by atoms with Crippen LogP contribution in [0.4, 0.5) is 0 Å². The molecule has 0 aliphatic rings. The lowest BCUT2D eigenvalue weighted by Gasteiger charge is -2.18. The van der Waals surface area contributed by atoms with Gasteiger partial charge in [0.05, 0.1) is 6.04 Å². The van der Waals surface area contributed by atoms with Crippen LogP contribution in [0.2, 0.25) is 0 Å². The number of hydrogen-bond acceptors (Lipinski definition) is 2. The van der Waals surface area contributed by atoms with E-state index in [1.165, 1.54) is 5.56 Å². The van der Waals surface area contributed by atoms with Gasteiger partial charge in [-0.05, 0) is 5.56 Å². The zero-order valence-corrected chi connectivity index (χ0v) is 8.58. The quantitative estimate of drug-likeness (QED) is 0.472. The molecule has 66 valence electrons. The molecule has 1 rings (SSSR count). The summed E-state index contributed by atoms with van der Waals surface area (Å²) in [7, 11) is 0. The van der Waals surface area contributed by atoms with Crippen LogP contribution in [0, 0.1) is 0 Å². The summed E-state index contributed by atoms with van der Waals surface area (Å²) in [5.74, 6) is 5.43. The second kappa shape index (κ2) is 4.60. The van der Waals surface area contributed by atoms with Gasteiger partial charge in [-0.15, -0.1) is 0 Å². The summed E-state index contributed by atoms with van der Waals surface area (Å²) >= 11 is 3.50. The number of hydrazine groups is 1. The molecular formula is C9H13BrN2. The molecule has 0 aliphatic carbocycles. The normalized spacial score (nSPS) is 15.6. The molecule has 0 unspecified atom stereocenters. The van der Waals surface area contributed by atoms with Crippen LogP contribution < -0.4 is 11.3 Å². The Hall–Kier alpha value is -0.380. The summed E-state index contributed by atoms with van der Waals surface area (Å²) in [6.07, 6.45) is 0. The molecule has 1 aromatic carbocycles. The van der Waals surface area contributed by atoms with Crippen LogP contribution in [0.3, 0.4) is 0 Å². The van der Waals surface area contributed by atoms with Crippen LogP contribution in [0.5, 0.6) is 0 Å². The Kier molecular flexibility index (Phi) is 3.72. The zero-order valence-electron chi connectivity index (χ0n) is 7.00. The molecule has 2 nitrogen and oxygen atoms in total. The van der Waals surface area contributed by atoms with Crippen molar-refractivity contribution in [3.05, 3.63) is 35.9 Å². The minimum absolute atomic E-state index is 0.172. The predicted molar refractivity (Wildman–Crippen MR) is 54.9 cm³/mol. The fraction of sp³-hybridized carbons (Fsp3) is 0.333. The Bertz CT molecular complexity index is 223. The molecule has 0 fully saturated rings. The molecule has 0 aromatic heterocycles. The van der Waals surface area contributed by atoms with Gasteiger partial charge in [-0.2, -0.15) is 0 Å². The van der Waals surface area contributed by atoms with Gasteiger partial charge in [-0.25, -0.2) is 0 Å². The first-order valence-electron chi connectivity index (χ1n) is 3.91. The molecule has 0 amide bonds. The highest BCUT2D eigenvalue weighted by Crippen LogP contribution is 2.20. The highest BCUT2D eigenvalue weighted by molar-refractivity contribution is 9.09. The summed E-state index contributed by atoms with van der Waals surface area (Å²) in [5, 5.41) is 0. The molecule has 2 atom stereocenters. The lowest BCUT2D eigenvalue weighted by molar-refractivity contribution is 0.555. The van der Waals surface area contributed by atoms with Crippen molar-refractivity contribution < 1.29 is 0 Å². The van der Waals surface area contributed by atoms with Crippen LogP contribution in [0.15, 0.2) is 30.3 Å². The maximum atomic E-state index is 5.43. The van der Waals surface area contributed by atoms with E-state index in [1.807, 2.05) is 18.2 Å². The van der Waals surface area contributed by atoms with E-state index < -0.39 is 0 Å². The SMILES string of the molecule is C[C@H](Br)[C@@H](NN)c1ccccc1. The lowest BCUT2D eigenvalue weighted by Crippen LogP contribution is -2.32. The molecule has 3 N–H and O–H groups in total. The Labute approximate surface area is 81.3 Å². The Morgan fingerprint density at radius 3 is 2.33 bits per heavy atom. The van der Waals surface area contributed by atoms with Gasteiger partial charge in [-0.1, -0.05) is 53.2 Å². The second-order valence-corrected chi connectivity index (χ2v) is 4.18. The van der Waals surface area contributed by atoms with Gasteiger partial charge in [0.25, 0.3) is 0 Å². The van der Waals surface area contributed by atoms with Crippen molar-refractivity contribution in [1.82, 2.24) is 5.43 Å². The Morgan fingerprint density at radius 1 is 1.33 bits per heavy atom. The molecule has 0 saturated carbocycles. The van der Waals surface area contributed by atoms with Crippen molar-refractivity contribution >= 4 is 15.9 Å². The van der Waals surface area contributed by atoms with E-state index in [0.29, 0.717) is 4.83 Å². The number of alkyl halides is 1. The van der Waals surface area contributed by atoms with Crippen LogP contribution in [0.25, 0.3) is 0 Å². The third kappa shape index (κ3) is 2.30.